The van der Waals surface area contributed by atoms with Crippen molar-refractivity contribution < 1.29 is 13.6 Å². The van der Waals surface area contributed by atoms with Gasteiger partial charge in [-0.2, -0.15) is 0 Å². The molecule has 9 heteroatoms. The first-order valence-corrected chi connectivity index (χ1v) is 10.4. The molecule has 1 amide bonds. The molecule has 0 aliphatic carbocycles. The van der Waals surface area contributed by atoms with Gasteiger partial charge in [0, 0.05) is 44.5 Å². The maximum Gasteiger partial charge on any atom is 0.227 e. The van der Waals surface area contributed by atoms with E-state index < -0.39 is 11.6 Å². The second-order valence-corrected chi connectivity index (χ2v) is 7.78. The van der Waals surface area contributed by atoms with Crippen LogP contribution in [0.1, 0.15) is 17.0 Å². The third-order valence-electron chi connectivity index (χ3n) is 5.31. The van der Waals surface area contributed by atoms with Crippen molar-refractivity contribution in [2.75, 3.05) is 36.4 Å². The van der Waals surface area contributed by atoms with Crippen molar-refractivity contribution in [3.05, 3.63) is 71.2 Å². The molecule has 32 heavy (non-hydrogen) atoms. The molecule has 0 bridgehead atoms. The fourth-order valence-corrected chi connectivity index (χ4v) is 3.64. The standard InChI is InChI=1S/C23H24F2N6O/c1-15-5-6-26-20(11-15)29-21-14-22(28-16(2)27-21)30-7-9-31(10-8-30)23(32)12-17-3-4-18(24)13-19(17)25/h3-6,11,13-14H,7-10,12H2,1-2H3,(H,26,27,28,29). The molecule has 0 radical (unpaired) electrons. The van der Waals surface area contributed by atoms with Gasteiger partial charge in [0.25, 0.3) is 0 Å². The molecule has 0 saturated carbocycles. The molecule has 166 valence electrons. The Bertz CT molecular complexity index is 1130. The third kappa shape index (κ3) is 5.16. The second kappa shape index (κ2) is 9.25. The molecule has 3 aromatic rings. The molecule has 0 spiro atoms. The summed E-state index contributed by atoms with van der Waals surface area (Å²) in [6.07, 6.45) is 1.65. The Morgan fingerprint density at radius 1 is 1.00 bits per heavy atom. The highest BCUT2D eigenvalue weighted by molar-refractivity contribution is 5.79. The fraction of sp³-hybridized carbons (Fsp3) is 0.304. The van der Waals surface area contributed by atoms with Gasteiger partial charge in [-0.25, -0.2) is 23.7 Å². The average Bonchev–Trinajstić information content (AvgIpc) is 2.75. The summed E-state index contributed by atoms with van der Waals surface area (Å²) in [5.74, 6) is 1.22. The van der Waals surface area contributed by atoms with E-state index in [1.165, 1.54) is 12.1 Å². The van der Waals surface area contributed by atoms with Gasteiger partial charge in [0.2, 0.25) is 5.91 Å². The predicted molar refractivity (Wildman–Crippen MR) is 118 cm³/mol. The average molecular weight is 438 g/mol. The summed E-state index contributed by atoms with van der Waals surface area (Å²) in [4.78, 5) is 29.7. The molecule has 1 aliphatic heterocycles. The van der Waals surface area contributed by atoms with Gasteiger partial charge in [-0.15, -0.1) is 0 Å². The van der Waals surface area contributed by atoms with E-state index in [9.17, 15) is 13.6 Å². The number of hydrogen-bond acceptors (Lipinski definition) is 6. The number of aromatic nitrogens is 3. The first-order chi connectivity index (χ1) is 15.4. The molecule has 1 fully saturated rings. The number of nitrogens with one attached hydrogen (secondary N) is 1. The van der Waals surface area contributed by atoms with Crippen molar-refractivity contribution in [1.82, 2.24) is 19.9 Å². The maximum absolute atomic E-state index is 13.9. The number of pyridine rings is 1. The number of anilines is 3. The highest BCUT2D eigenvalue weighted by Crippen LogP contribution is 2.21. The molecule has 2 aromatic heterocycles. The number of hydrogen-bond donors (Lipinski definition) is 1. The fourth-order valence-electron chi connectivity index (χ4n) is 3.64. The van der Waals surface area contributed by atoms with Gasteiger partial charge in [-0.05, 0) is 43.2 Å². The van der Waals surface area contributed by atoms with E-state index in [-0.39, 0.29) is 17.9 Å². The van der Waals surface area contributed by atoms with E-state index >= 15 is 0 Å². The molecule has 0 unspecified atom stereocenters. The summed E-state index contributed by atoms with van der Waals surface area (Å²) in [6, 6.07) is 9.01. The van der Waals surface area contributed by atoms with Crippen molar-refractivity contribution in [3.8, 4) is 0 Å². The van der Waals surface area contributed by atoms with Crippen LogP contribution in [0.15, 0.2) is 42.6 Å². The highest BCUT2D eigenvalue weighted by Gasteiger charge is 2.23. The molecule has 1 N–H and O–H groups in total. The topological polar surface area (TPSA) is 74.2 Å². The smallest absolute Gasteiger partial charge is 0.227 e. The van der Waals surface area contributed by atoms with E-state index in [4.69, 9.17) is 0 Å². The van der Waals surface area contributed by atoms with Crippen molar-refractivity contribution in [2.45, 2.75) is 20.3 Å². The van der Waals surface area contributed by atoms with Gasteiger partial charge in [-0.3, -0.25) is 4.79 Å². The van der Waals surface area contributed by atoms with Crippen molar-refractivity contribution in [3.63, 3.8) is 0 Å². The van der Waals surface area contributed by atoms with Crippen LogP contribution in [0, 0.1) is 25.5 Å². The van der Waals surface area contributed by atoms with Gasteiger partial charge >= 0.3 is 0 Å². The Balaban J connectivity index is 1.39. The molecule has 0 atom stereocenters. The van der Waals surface area contributed by atoms with Gasteiger partial charge in [0.15, 0.2) is 0 Å². The molecular formula is C23H24F2N6O. The van der Waals surface area contributed by atoms with E-state index in [2.05, 4.69) is 25.2 Å². The molecular weight excluding hydrogens is 414 g/mol. The molecule has 3 heterocycles. The van der Waals surface area contributed by atoms with Crippen molar-refractivity contribution in [2.24, 2.45) is 0 Å². The molecule has 1 saturated heterocycles. The zero-order valence-corrected chi connectivity index (χ0v) is 18.0. The number of benzene rings is 1. The molecule has 1 aromatic carbocycles. The van der Waals surface area contributed by atoms with Crippen LogP contribution in [-0.4, -0.2) is 51.9 Å². The lowest BCUT2D eigenvalue weighted by Gasteiger charge is -2.35. The van der Waals surface area contributed by atoms with E-state index in [1.54, 1.807) is 11.1 Å². The zero-order chi connectivity index (χ0) is 22.7. The van der Waals surface area contributed by atoms with Crippen LogP contribution in [0.4, 0.5) is 26.2 Å². The lowest BCUT2D eigenvalue weighted by Crippen LogP contribution is -2.49. The number of rotatable bonds is 5. The summed E-state index contributed by atoms with van der Waals surface area (Å²) in [7, 11) is 0. The number of carbonyl (C=O) groups is 1. The first-order valence-electron chi connectivity index (χ1n) is 10.4. The predicted octanol–water partition coefficient (Wildman–Crippen LogP) is 3.40. The number of aryl methyl sites for hydroxylation is 2. The summed E-state index contributed by atoms with van der Waals surface area (Å²) in [5.41, 5.74) is 1.29. The van der Waals surface area contributed by atoms with Crippen LogP contribution in [0.2, 0.25) is 0 Å². The lowest BCUT2D eigenvalue weighted by atomic mass is 10.1. The summed E-state index contributed by atoms with van der Waals surface area (Å²) < 4.78 is 27.0. The number of carbonyl (C=O) groups excluding carboxylic acids is 1. The minimum Gasteiger partial charge on any atom is -0.353 e. The summed E-state index contributed by atoms with van der Waals surface area (Å²) >= 11 is 0. The number of amides is 1. The Kier molecular flexibility index (Phi) is 6.25. The van der Waals surface area contributed by atoms with Crippen LogP contribution in [0.25, 0.3) is 0 Å². The maximum atomic E-state index is 13.9. The SMILES string of the molecule is Cc1ccnc(Nc2cc(N3CCN(C(=O)Cc4ccc(F)cc4F)CC3)nc(C)n2)c1. The minimum absolute atomic E-state index is 0.0870. The lowest BCUT2D eigenvalue weighted by molar-refractivity contribution is -0.130. The van der Waals surface area contributed by atoms with E-state index in [1.807, 2.05) is 32.0 Å². The first kappa shape index (κ1) is 21.6. The van der Waals surface area contributed by atoms with Crippen LogP contribution < -0.4 is 10.2 Å². The third-order valence-corrected chi connectivity index (χ3v) is 5.31. The van der Waals surface area contributed by atoms with Gasteiger partial charge in [0.1, 0.15) is 34.9 Å². The van der Waals surface area contributed by atoms with Gasteiger partial charge < -0.3 is 15.1 Å². The second-order valence-electron chi connectivity index (χ2n) is 7.78. The monoisotopic (exact) mass is 438 g/mol. The Morgan fingerprint density at radius 2 is 1.78 bits per heavy atom. The minimum atomic E-state index is -0.698. The van der Waals surface area contributed by atoms with E-state index in [0.717, 1.165) is 17.4 Å². The number of piperazine rings is 1. The number of halogens is 2. The highest BCUT2D eigenvalue weighted by atomic mass is 19.1. The van der Waals surface area contributed by atoms with Crippen LogP contribution in [-0.2, 0) is 11.2 Å². The largest absolute Gasteiger partial charge is 0.353 e. The normalized spacial score (nSPS) is 13.9. The summed E-state index contributed by atoms with van der Waals surface area (Å²) in [5, 5.41) is 3.21. The van der Waals surface area contributed by atoms with Crippen LogP contribution >= 0.6 is 0 Å². The molecule has 4 rings (SSSR count). The van der Waals surface area contributed by atoms with E-state index in [0.29, 0.717) is 43.6 Å². The number of nitrogens with zero attached hydrogens (tertiary/aromatic N) is 5. The van der Waals surface area contributed by atoms with Gasteiger partial charge in [-0.1, -0.05) is 6.07 Å². The Hall–Kier alpha value is -3.62. The van der Waals surface area contributed by atoms with Crippen molar-refractivity contribution >= 4 is 23.4 Å². The molecule has 7 nitrogen and oxygen atoms in total. The van der Waals surface area contributed by atoms with Gasteiger partial charge in [0.05, 0.1) is 6.42 Å². The zero-order valence-electron chi connectivity index (χ0n) is 18.0. The summed E-state index contributed by atoms with van der Waals surface area (Å²) in [6.45, 7) is 6.00. The Labute approximate surface area is 185 Å². The van der Waals surface area contributed by atoms with Crippen molar-refractivity contribution in [1.29, 1.82) is 0 Å². The van der Waals surface area contributed by atoms with Crippen LogP contribution in [0.5, 0.6) is 0 Å². The molecule has 1 aliphatic rings. The van der Waals surface area contributed by atoms with Crippen LogP contribution in [0.3, 0.4) is 0 Å². The quantitative estimate of drug-likeness (QED) is 0.658. The Morgan fingerprint density at radius 3 is 2.50 bits per heavy atom.